The molecule has 1 atom stereocenters. The fourth-order valence-corrected chi connectivity index (χ4v) is 0.707. The van der Waals surface area contributed by atoms with E-state index in [0.29, 0.717) is 6.54 Å². The third-order valence-electron chi connectivity index (χ3n) is 0.262. The second-order valence-corrected chi connectivity index (χ2v) is 2.40. The van der Waals surface area contributed by atoms with Gasteiger partial charge in [-0.05, 0) is 0 Å². The summed E-state index contributed by atoms with van der Waals surface area (Å²) < 4.78 is 12.4. The maximum absolute atomic E-state index is 9.86. The van der Waals surface area contributed by atoms with E-state index in [1.165, 1.54) is 0 Å². The summed E-state index contributed by atoms with van der Waals surface area (Å²) in [6.45, 7) is 2.53. The quantitative estimate of drug-likeness (QED) is 0.257. The Morgan fingerprint density at radius 2 is 2.12 bits per heavy atom. The first-order valence-corrected chi connectivity index (χ1v) is 3.67. The number of rotatable bonds is 2. The fraction of sp³-hybridized carbons (Fsp3) is 1.00. The molecule has 0 fully saturated rings. The molecule has 0 aromatic rings. The largest absolute Gasteiger partial charge is 1.00 e. The summed E-state index contributed by atoms with van der Waals surface area (Å²) in [5, 5.41) is 0. The Hall–Kier alpha value is 1.42. The molecule has 0 radical (unpaired) electrons. The van der Waals surface area contributed by atoms with Crippen molar-refractivity contribution in [3.05, 3.63) is 0 Å². The standard InChI is InChI=1S/C2H7NOS2.Na.H2O/c1-2-3-6(4)5;;/h3H,2H2,1H3,(H,4,5);;1H2/q;+1;/p-1. The zero-order valence-corrected chi connectivity index (χ0v) is 8.56. The second kappa shape index (κ2) is 11.2. The Kier molecular flexibility index (Phi) is 22.8. The number of hydrogen-bond acceptors (Lipinski definition) is 2. The van der Waals surface area contributed by atoms with Crippen LogP contribution >= 0.6 is 0 Å². The Morgan fingerprint density at radius 3 is 2.12 bits per heavy atom. The molecule has 0 aromatic heterocycles. The molecular formula is C2H8NNaO2S2. The Morgan fingerprint density at radius 1 is 1.75 bits per heavy atom. The molecule has 0 aromatic carbocycles. The van der Waals surface area contributed by atoms with Crippen molar-refractivity contribution in [1.82, 2.24) is 4.72 Å². The number of hydrogen-bond donors (Lipinski definition) is 1. The van der Waals surface area contributed by atoms with Gasteiger partial charge in [-0.15, -0.1) is 0 Å². The van der Waals surface area contributed by atoms with Crippen LogP contribution in [0.2, 0.25) is 0 Å². The van der Waals surface area contributed by atoms with Crippen LogP contribution in [0.4, 0.5) is 0 Å². The predicted molar refractivity (Wildman–Crippen MR) is 32.8 cm³/mol. The van der Waals surface area contributed by atoms with Crippen molar-refractivity contribution in [3.8, 4) is 0 Å². The average Bonchev–Trinajstić information content (AvgIpc) is 1.35. The third-order valence-corrected chi connectivity index (χ3v) is 1.14. The summed E-state index contributed by atoms with van der Waals surface area (Å²) in [5.41, 5.74) is 0. The summed E-state index contributed by atoms with van der Waals surface area (Å²) in [7, 11) is -1.23. The van der Waals surface area contributed by atoms with E-state index in [1.807, 2.05) is 6.92 Å². The molecule has 0 saturated carbocycles. The minimum Gasteiger partial charge on any atom is -0.666 e. The van der Waals surface area contributed by atoms with Gasteiger partial charge >= 0.3 is 29.6 Å². The molecule has 8 heavy (non-hydrogen) atoms. The van der Waals surface area contributed by atoms with Gasteiger partial charge in [0.15, 0.2) is 0 Å². The first kappa shape index (κ1) is 16.2. The van der Waals surface area contributed by atoms with E-state index < -0.39 is 10.0 Å². The van der Waals surface area contributed by atoms with Gasteiger partial charge in [-0.2, -0.15) is 0 Å². The molecule has 0 aliphatic carbocycles. The van der Waals surface area contributed by atoms with Crippen molar-refractivity contribution in [2.45, 2.75) is 6.92 Å². The Labute approximate surface area is 78.6 Å². The van der Waals surface area contributed by atoms with Crippen LogP contribution in [0.1, 0.15) is 6.92 Å². The monoisotopic (exact) mass is 165 g/mol. The second-order valence-electron chi connectivity index (χ2n) is 0.733. The first-order chi connectivity index (χ1) is 2.77. The molecular weight excluding hydrogens is 157 g/mol. The van der Waals surface area contributed by atoms with Crippen molar-refractivity contribution < 1.29 is 39.2 Å². The Balaban J connectivity index is -0.000000125. The van der Waals surface area contributed by atoms with Gasteiger partial charge in [0.2, 0.25) is 0 Å². The molecule has 0 heterocycles. The van der Waals surface area contributed by atoms with Crippen molar-refractivity contribution in [1.29, 1.82) is 0 Å². The van der Waals surface area contributed by atoms with Crippen molar-refractivity contribution in [2.75, 3.05) is 6.54 Å². The molecule has 6 heteroatoms. The predicted octanol–water partition coefficient (Wildman–Crippen LogP) is -4.10. The van der Waals surface area contributed by atoms with E-state index in [4.69, 9.17) is 0 Å². The van der Waals surface area contributed by atoms with E-state index >= 15 is 0 Å². The van der Waals surface area contributed by atoms with Crippen LogP contribution in [0.3, 0.4) is 0 Å². The summed E-state index contributed by atoms with van der Waals surface area (Å²) in [5.74, 6) is 0. The van der Waals surface area contributed by atoms with Gasteiger partial charge in [0.1, 0.15) is 0 Å². The summed E-state index contributed by atoms with van der Waals surface area (Å²) in [6, 6.07) is 0. The van der Waals surface area contributed by atoms with Crippen molar-refractivity contribution in [2.24, 2.45) is 0 Å². The van der Waals surface area contributed by atoms with Gasteiger partial charge in [-0.25, -0.2) is 0 Å². The molecule has 1 unspecified atom stereocenters. The molecule has 3 N–H and O–H groups in total. The molecule has 3 nitrogen and oxygen atoms in total. The zero-order valence-electron chi connectivity index (χ0n) is 4.93. The van der Waals surface area contributed by atoms with E-state index in [9.17, 15) is 4.21 Å². The van der Waals surface area contributed by atoms with Gasteiger partial charge < -0.3 is 17.1 Å². The summed E-state index contributed by atoms with van der Waals surface area (Å²) >= 11 is 4.24. The van der Waals surface area contributed by atoms with E-state index in [0.717, 1.165) is 0 Å². The molecule has 0 saturated heterocycles. The van der Waals surface area contributed by atoms with Crippen LogP contribution in [-0.4, -0.2) is 16.2 Å². The topological polar surface area (TPSA) is 60.6 Å². The minimum absolute atomic E-state index is 0. The maximum Gasteiger partial charge on any atom is 1.00 e. The molecule has 46 valence electrons. The summed E-state index contributed by atoms with van der Waals surface area (Å²) in [4.78, 5) is 0. The van der Waals surface area contributed by atoms with E-state index in [-0.39, 0.29) is 35.0 Å². The summed E-state index contributed by atoms with van der Waals surface area (Å²) in [6.07, 6.45) is 0. The fourth-order valence-electron chi connectivity index (χ4n) is 0.118. The van der Waals surface area contributed by atoms with Gasteiger partial charge in [-0.3, -0.25) is 8.93 Å². The van der Waals surface area contributed by atoms with Gasteiger partial charge in [-0.1, -0.05) is 16.9 Å². The van der Waals surface area contributed by atoms with Crippen LogP contribution in [-0.2, 0) is 21.7 Å². The SMILES string of the molecule is CCNS(=O)[S-].O.[Na+]. The van der Waals surface area contributed by atoms with Crippen LogP contribution in [0.5, 0.6) is 0 Å². The molecule has 0 amide bonds. The van der Waals surface area contributed by atoms with Crippen molar-refractivity contribution >= 4 is 21.7 Å². The average molecular weight is 165 g/mol. The van der Waals surface area contributed by atoms with Crippen LogP contribution in [0.15, 0.2) is 0 Å². The van der Waals surface area contributed by atoms with Gasteiger partial charge in [0.25, 0.3) is 0 Å². The normalized spacial score (nSPS) is 10.8. The van der Waals surface area contributed by atoms with E-state index in [1.54, 1.807) is 0 Å². The smallest absolute Gasteiger partial charge is 0.666 e. The van der Waals surface area contributed by atoms with Crippen LogP contribution < -0.4 is 34.3 Å². The molecule has 0 aliphatic rings. The third kappa shape index (κ3) is 15.7. The molecule has 0 bridgehead atoms. The van der Waals surface area contributed by atoms with E-state index in [2.05, 4.69) is 16.4 Å². The molecule has 0 rings (SSSR count). The molecule has 0 aliphatic heterocycles. The maximum atomic E-state index is 9.86. The Bertz CT molecular complexity index is 62.0. The first-order valence-electron chi connectivity index (χ1n) is 1.60. The van der Waals surface area contributed by atoms with Crippen LogP contribution in [0.25, 0.3) is 0 Å². The van der Waals surface area contributed by atoms with Gasteiger partial charge in [0, 0.05) is 6.54 Å². The van der Waals surface area contributed by atoms with Crippen molar-refractivity contribution in [3.63, 3.8) is 0 Å². The van der Waals surface area contributed by atoms with Crippen LogP contribution in [0, 0.1) is 0 Å². The minimum atomic E-state index is -1.23. The van der Waals surface area contributed by atoms with Gasteiger partial charge in [0.05, 0.1) is 0 Å². The zero-order chi connectivity index (χ0) is 4.99. The number of nitrogens with one attached hydrogen (secondary N) is 1. The molecule has 0 spiro atoms.